The summed E-state index contributed by atoms with van der Waals surface area (Å²) in [5, 5.41) is 0. The molecule has 27 heavy (non-hydrogen) atoms. The molecule has 0 aromatic heterocycles. The zero-order valence-corrected chi connectivity index (χ0v) is 23.4. The van der Waals surface area contributed by atoms with Gasteiger partial charge in [0, 0.05) is 0 Å². The summed E-state index contributed by atoms with van der Waals surface area (Å²) in [6.45, 7) is 9.88. The molecule has 0 aromatic carbocycles. The fraction of sp³-hybridized carbons (Fsp3) is 0.938. The summed E-state index contributed by atoms with van der Waals surface area (Å²) in [6.07, 6.45) is 4.69. The van der Waals surface area contributed by atoms with Crippen LogP contribution in [0.4, 0.5) is 0 Å². The second-order valence-electron chi connectivity index (χ2n) is 7.15. The van der Waals surface area contributed by atoms with Gasteiger partial charge in [-0.25, -0.2) is 0 Å². The standard InChI is InChI=1S/C16H30NO3PS5Te/c1-3-16(4-2)13-19-21(23,20-14-16)25-27(11-9-18-10-12-27)26-24-15(22)17-7-5-6-8-17/h3-14H2,1-2H3. The SMILES string of the molecule is CCC1(CC)COP(=S)(S#[Te]2(SSC(=S)N3CCCC3)CCOCC2)OC1. The molecule has 0 atom stereocenters. The van der Waals surface area contributed by atoms with Gasteiger partial charge in [0.05, 0.1) is 0 Å². The van der Waals surface area contributed by atoms with E-state index in [1.165, 1.54) is 12.8 Å². The van der Waals surface area contributed by atoms with Crippen LogP contribution in [0.3, 0.4) is 0 Å². The second kappa shape index (κ2) is 10.6. The zero-order chi connectivity index (χ0) is 19.4. The van der Waals surface area contributed by atoms with Gasteiger partial charge >= 0.3 is 187 Å². The second-order valence-corrected chi connectivity index (χ2v) is 38.9. The molecule has 0 aromatic rings. The van der Waals surface area contributed by atoms with Gasteiger partial charge in [-0.15, -0.1) is 0 Å². The molecule has 158 valence electrons. The number of hydrogen-bond donors (Lipinski definition) is 0. The van der Waals surface area contributed by atoms with Crippen molar-refractivity contribution in [3.05, 3.63) is 0 Å². The molecule has 0 saturated carbocycles. The fourth-order valence-electron chi connectivity index (χ4n) is 3.15. The van der Waals surface area contributed by atoms with Crippen LogP contribution in [0, 0.1) is 5.41 Å². The first-order valence-electron chi connectivity index (χ1n) is 9.56. The molecular weight excluding hydrogens is 573 g/mol. The molecular formula is C16H30NO3PS5Te. The van der Waals surface area contributed by atoms with E-state index in [9.17, 15) is 0 Å². The van der Waals surface area contributed by atoms with Crippen LogP contribution in [0.25, 0.3) is 0 Å². The summed E-state index contributed by atoms with van der Waals surface area (Å²) in [5.41, 5.74) is -2.10. The number of thiocarbonyl (C=S) groups is 1. The van der Waals surface area contributed by atoms with Crippen molar-refractivity contribution in [2.45, 2.75) is 48.5 Å². The van der Waals surface area contributed by atoms with Gasteiger partial charge in [0.2, 0.25) is 0 Å². The van der Waals surface area contributed by atoms with E-state index in [2.05, 4.69) is 26.8 Å². The van der Waals surface area contributed by atoms with E-state index in [-0.39, 0.29) is 5.41 Å². The van der Waals surface area contributed by atoms with E-state index in [4.69, 9.17) is 37.8 Å². The maximum absolute atomic E-state index is 6.31. The van der Waals surface area contributed by atoms with Crippen LogP contribution >= 0.6 is 44.6 Å². The van der Waals surface area contributed by atoms with Gasteiger partial charge in [0.25, 0.3) is 0 Å². The van der Waals surface area contributed by atoms with Crippen LogP contribution in [0.1, 0.15) is 39.5 Å². The van der Waals surface area contributed by atoms with Gasteiger partial charge < -0.3 is 0 Å². The maximum atomic E-state index is 6.31. The number of likely N-dealkylation sites (tertiary alicyclic amines) is 1. The molecule has 3 saturated heterocycles. The molecule has 0 amide bonds. The van der Waals surface area contributed by atoms with Crippen LogP contribution in [-0.2, 0) is 25.6 Å². The van der Waals surface area contributed by atoms with E-state index in [0.29, 0.717) is 0 Å². The molecule has 0 N–H and O–H groups in total. The first-order chi connectivity index (χ1) is 12.9. The van der Waals surface area contributed by atoms with Gasteiger partial charge in [-0.1, -0.05) is 0 Å². The predicted molar refractivity (Wildman–Crippen MR) is 132 cm³/mol. The van der Waals surface area contributed by atoms with Crippen molar-refractivity contribution in [2.24, 2.45) is 5.41 Å². The van der Waals surface area contributed by atoms with Crippen molar-refractivity contribution in [2.75, 3.05) is 39.5 Å². The summed E-state index contributed by atoms with van der Waals surface area (Å²) >= 11 is 9.26. The average molecular weight is 603 g/mol. The summed E-state index contributed by atoms with van der Waals surface area (Å²) in [4.78, 5) is 2.36. The van der Waals surface area contributed by atoms with Crippen molar-refractivity contribution in [3.8, 4) is 0 Å². The van der Waals surface area contributed by atoms with Crippen LogP contribution in [0.15, 0.2) is 0 Å². The van der Waals surface area contributed by atoms with E-state index >= 15 is 0 Å². The number of rotatable bonds is 3. The van der Waals surface area contributed by atoms with Crippen molar-refractivity contribution in [3.63, 3.8) is 0 Å². The van der Waals surface area contributed by atoms with Gasteiger partial charge in [-0.3, -0.25) is 0 Å². The molecule has 11 heteroatoms. The van der Waals surface area contributed by atoms with Crippen molar-refractivity contribution in [1.82, 2.24) is 4.90 Å². The summed E-state index contributed by atoms with van der Waals surface area (Å²) in [6, 6.07) is 0. The van der Waals surface area contributed by atoms with Gasteiger partial charge in [-0.2, -0.15) is 0 Å². The molecule has 3 fully saturated rings. The van der Waals surface area contributed by atoms with E-state index < -0.39 is 20.3 Å². The third kappa shape index (κ3) is 6.32. The Bertz CT molecular complexity index is 685. The van der Waals surface area contributed by atoms with E-state index in [1.807, 2.05) is 18.6 Å². The average Bonchev–Trinajstić information content (AvgIpc) is 3.23. The molecule has 3 aliphatic heterocycles. The Morgan fingerprint density at radius 3 is 2.26 bits per heavy atom. The van der Waals surface area contributed by atoms with Crippen molar-refractivity contribution >= 4 is 75.3 Å². The topological polar surface area (TPSA) is 30.9 Å². The summed E-state index contributed by atoms with van der Waals surface area (Å²) < 4.78 is 21.6. The zero-order valence-electron chi connectivity index (χ0n) is 16.1. The van der Waals surface area contributed by atoms with E-state index in [0.717, 1.165) is 65.6 Å². The molecule has 3 aliphatic rings. The normalized spacial score (nSPS) is 26.7. The third-order valence-electron chi connectivity index (χ3n) is 5.46. The van der Waals surface area contributed by atoms with Crippen LogP contribution in [-0.4, -0.2) is 63.4 Å². The molecule has 0 radical (unpaired) electrons. The Morgan fingerprint density at radius 2 is 1.70 bits per heavy atom. The predicted octanol–water partition coefficient (Wildman–Crippen LogP) is 6.03. The molecule has 0 unspecified atom stereocenters. The number of ether oxygens (including phenoxy) is 1. The van der Waals surface area contributed by atoms with Crippen LogP contribution in [0.2, 0.25) is 8.94 Å². The summed E-state index contributed by atoms with van der Waals surface area (Å²) in [5.74, 6) is 0. The van der Waals surface area contributed by atoms with Crippen molar-refractivity contribution < 1.29 is 13.8 Å². The quantitative estimate of drug-likeness (QED) is 0.167. The molecule has 0 spiro atoms. The van der Waals surface area contributed by atoms with Crippen LogP contribution in [0.5, 0.6) is 0 Å². The fourth-order valence-corrected chi connectivity index (χ4v) is 60.6. The minimum atomic E-state index is -2.41. The first-order valence-corrected chi connectivity index (χ1v) is 25.0. The Labute approximate surface area is 185 Å². The number of hydrogen-bond acceptors (Lipinski definition) is 7. The van der Waals surface area contributed by atoms with Gasteiger partial charge in [-0.05, 0) is 0 Å². The Morgan fingerprint density at radius 1 is 1.11 bits per heavy atom. The first kappa shape index (κ1) is 23.8. The molecule has 0 bridgehead atoms. The molecule has 4 nitrogen and oxygen atoms in total. The molecule has 0 aliphatic carbocycles. The molecule has 3 heterocycles. The van der Waals surface area contributed by atoms with Crippen LogP contribution < -0.4 is 0 Å². The monoisotopic (exact) mass is 605 g/mol. The number of nitrogens with zero attached hydrogens (tertiary/aromatic N) is 1. The van der Waals surface area contributed by atoms with E-state index in [1.54, 1.807) is 0 Å². The van der Waals surface area contributed by atoms with Crippen molar-refractivity contribution in [1.29, 1.82) is 0 Å². The third-order valence-corrected chi connectivity index (χ3v) is 51.9. The summed E-state index contributed by atoms with van der Waals surface area (Å²) in [7, 11) is 5.82. The molecule has 3 rings (SSSR count). The Kier molecular flexibility index (Phi) is 9.37. The Balaban J connectivity index is 1.74. The van der Waals surface area contributed by atoms with Gasteiger partial charge in [0.1, 0.15) is 0 Å². The minimum absolute atomic E-state index is 0.151. The Hall–Kier alpha value is 2.13. The van der Waals surface area contributed by atoms with Gasteiger partial charge in [0.15, 0.2) is 0 Å².